The highest BCUT2D eigenvalue weighted by atomic mass is 79.9. The molecule has 0 bridgehead atoms. The van der Waals surface area contributed by atoms with Crippen LogP contribution in [0, 0.1) is 37.1 Å². The summed E-state index contributed by atoms with van der Waals surface area (Å²) in [6.07, 6.45) is 0. The Morgan fingerprint density at radius 2 is 0.983 bits per heavy atom. The van der Waals surface area contributed by atoms with E-state index < -0.39 is 24.1 Å². The van der Waals surface area contributed by atoms with Crippen molar-refractivity contribution in [2.75, 3.05) is 14.2 Å². The van der Waals surface area contributed by atoms with E-state index in [0.29, 0.717) is 64.9 Å². The van der Waals surface area contributed by atoms with Gasteiger partial charge in [0.15, 0.2) is 0 Å². The molecule has 6 aromatic rings. The number of hydrogen-bond donors (Lipinski definition) is 0. The van der Waals surface area contributed by atoms with Gasteiger partial charge in [0.25, 0.3) is 0 Å². The van der Waals surface area contributed by atoms with Gasteiger partial charge in [-0.25, -0.2) is 17.6 Å². The van der Waals surface area contributed by atoms with Gasteiger partial charge in [0, 0.05) is 27.7 Å². The van der Waals surface area contributed by atoms with Gasteiger partial charge in [0.2, 0.25) is 0 Å². The normalized spacial score (nSPS) is 13.9. The zero-order chi connectivity index (χ0) is 42.5. The molecule has 0 unspecified atom stereocenters. The monoisotopic (exact) mass is 894 g/mol. The molecule has 0 spiro atoms. The van der Waals surface area contributed by atoms with Crippen molar-refractivity contribution >= 4 is 51.7 Å². The Hall–Kier alpha value is -4.32. The van der Waals surface area contributed by atoms with Crippen LogP contribution in [0.3, 0.4) is 0 Å². The maximum Gasteiger partial charge on any atom is 0.498 e. The van der Waals surface area contributed by atoms with E-state index in [-0.39, 0.29) is 17.5 Å². The van der Waals surface area contributed by atoms with Crippen molar-refractivity contribution < 1.29 is 36.3 Å². The minimum absolute atomic E-state index is 0.215. The third kappa shape index (κ3) is 9.75. The van der Waals surface area contributed by atoms with Crippen molar-refractivity contribution in [3.8, 4) is 44.9 Å². The summed E-state index contributed by atoms with van der Waals surface area (Å²) in [5.41, 5.74) is 4.31. The van der Waals surface area contributed by atoms with E-state index in [1.807, 2.05) is 53.7 Å². The van der Waals surface area contributed by atoms with Crippen LogP contribution in [0.5, 0.6) is 11.5 Å². The summed E-state index contributed by atoms with van der Waals surface area (Å²) in [7, 11) is 2.51. The third-order valence-electron chi connectivity index (χ3n) is 10.1. The molecule has 12 heteroatoms. The quantitative estimate of drug-likeness (QED) is 0.123. The lowest BCUT2D eigenvalue weighted by Crippen LogP contribution is -2.41. The van der Waals surface area contributed by atoms with Gasteiger partial charge in [-0.2, -0.15) is 0 Å². The van der Waals surface area contributed by atoms with Crippen molar-refractivity contribution in [2.24, 2.45) is 0 Å². The molecule has 4 nitrogen and oxygen atoms in total. The molecule has 1 heterocycles. The Balaban J connectivity index is 0.000000186. The van der Waals surface area contributed by atoms with Gasteiger partial charge >= 0.3 is 7.12 Å². The summed E-state index contributed by atoms with van der Waals surface area (Å²) in [4.78, 5) is 0. The molecule has 1 saturated heterocycles. The van der Waals surface area contributed by atoms with E-state index in [0.717, 1.165) is 11.1 Å². The second-order valence-corrected chi connectivity index (χ2v) is 16.1. The number of halogens is 7. The zero-order valence-electron chi connectivity index (χ0n) is 33.2. The van der Waals surface area contributed by atoms with Gasteiger partial charge < -0.3 is 18.8 Å². The molecule has 0 aliphatic carbocycles. The minimum atomic E-state index is -0.611. The van der Waals surface area contributed by atoms with Crippen LogP contribution in [0.1, 0.15) is 38.8 Å². The Labute approximate surface area is 356 Å². The van der Waals surface area contributed by atoms with Crippen LogP contribution in [-0.4, -0.2) is 32.5 Å². The fourth-order valence-corrected chi connectivity index (χ4v) is 7.07. The summed E-state index contributed by atoms with van der Waals surface area (Å²) in [5.74, 6) is -0.218. The molecule has 0 atom stereocenters. The highest BCUT2D eigenvalue weighted by molar-refractivity contribution is 9.10. The van der Waals surface area contributed by atoms with Gasteiger partial charge in [-0.3, -0.25) is 0 Å². The molecular weight excluding hydrogens is 854 g/mol. The topological polar surface area (TPSA) is 36.9 Å². The number of ether oxygens (including phenoxy) is 2. The second kappa shape index (κ2) is 18.7. The molecule has 6 aromatic carbocycles. The van der Waals surface area contributed by atoms with Crippen LogP contribution in [0.15, 0.2) is 114 Å². The Morgan fingerprint density at radius 1 is 0.534 bits per heavy atom. The van der Waals surface area contributed by atoms with Crippen LogP contribution in [0.4, 0.5) is 17.6 Å². The van der Waals surface area contributed by atoms with Crippen LogP contribution in [-0.2, 0) is 9.31 Å². The average Bonchev–Trinajstić information content (AvgIpc) is 3.39. The first kappa shape index (κ1) is 44.8. The molecule has 0 saturated carbocycles. The van der Waals surface area contributed by atoms with Crippen LogP contribution < -0.4 is 14.9 Å². The Kier molecular flexibility index (Phi) is 14.5. The standard InChI is InChI=1S/C20H23BClFO3.C20H15ClF2O.C6H4BrF/c1-12-10-17(24-6)14(21-25-19(2,3)20(4,5)26-21)11-13(12)18-15(22)8-7-9-16(18)23;1-12-10-19(24-2)15(13-6-3-4-8-17(13)22)11-14(12)20-16(21)7-5-9-18(20)23;7-5-3-1-2-4-6(5)8/h7-11H,1-6H3;3-11H,1-2H3;1-4H. The lowest BCUT2D eigenvalue weighted by atomic mass is 9.76. The number of benzene rings is 6. The highest BCUT2D eigenvalue weighted by Gasteiger charge is 2.52. The molecular formula is C46H42BBrCl2F4O4. The molecule has 58 heavy (non-hydrogen) atoms. The number of hydrogen-bond acceptors (Lipinski definition) is 4. The largest absolute Gasteiger partial charge is 0.498 e. The summed E-state index contributed by atoms with van der Waals surface area (Å²) in [5, 5.41) is 0.667. The van der Waals surface area contributed by atoms with E-state index in [1.165, 1.54) is 31.4 Å². The molecule has 0 radical (unpaired) electrons. The lowest BCUT2D eigenvalue weighted by molar-refractivity contribution is 0.00578. The van der Waals surface area contributed by atoms with E-state index in [1.54, 1.807) is 79.9 Å². The summed E-state index contributed by atoms with van der Waals surface area (Å²) in [6.45, 7) is 11.7. The fourth-order valence-electron chi connectivity index (χ4n) is 6.26. The molecule has 0 N–H and O–H groups in total. The molecule has 7 rings (SSSR count). The number of rotatable bonds is 6. The molecule has 1 aliphatic heterocycles. The first-order valence-corrected chi connectivity index (χ1v) is 19.7. The predicted molar refractivity (Wildman–Crippen MR) is 231 cm³/mol. The van der Waals surface area contributed by atoms with Gasteiger partial charge in [-0.05, 0) is 140 Å². The maximum absolute atomic E-state index is 14.5. The maximum atomic E-state index is 14.5. The van der Waals surface area contributed by atoms with Gasteiger partial charge in [0.05, 0.1) is 39.9 Å². The average molecular weight is 896 g/mol. The van der Waals surface area contributed by atoms with Gasteiger partial charge in [-0.1, -0.05) is 71.7 Å². The summed E-state index contributed by atoms with van der Waals surface area (Å²) in [6, 6.07) is 29.3. The van der Waals surface area contributed by atoms with Crippen molar-refractivity contribution in [3.05, 3.63) is 158 Å². The third-order valence-corrected chi connectivity index (χ3v) is 11.4. The Morgan fingerprint density at radius 3 is 1.43 bits per heavy atom. The first-order valence-electron chi connectivity index (χ1n) is 18.2. The van der Waals surface area contributed by atoms with Crippen molar-refractivity contribution in [3.63, 3.8) is 0 Å². The van der Waals surface area contributed by atoms with Crippen molar-refractivity contribution in [1.82, 2.24) is 0 Å². The Bertz CT molecular complexity index is 2350. The second-order valence-electron chi connectivity index (χ2n) is 14.5. The SMILES string of the molecule is COc1cc(C)c(-c2c(F)cccc2Cl)cc1-c1ccccc1F.COc1cc(C)c(-c2c(F)cccc2Cl)cc1B1OC(C)(C)C(C)(C)O1.Fc1ccccc1Br. The first-order chi connectivity index (χ1) is 27.4. The van der Waals surface area contributed by atoms with Crippen molar-refractivity contribution in [2.45, 2.75) is 52.7 Å². The van der Waals surface area contributed by atoms with E-state index >= 15 is 0 Å². The van der Waals surface area contributed by atoms with Crippen LogP contribution in [0.2, 0.25) is 10.0 Å². The van der Waals surface area contributed by atoms with E-state index in [9.17, 15) is 17.6 Å². The molecule has 1 aliphatic rings. The van der Waals surface area contributed by atoms with E-state index in [2.05, 4.69) is 15.9 Å². The highest BCUT2D eigenvalue weighted by Crippen LogP contribution is 2.42. The summed E-state index contributed by atoms with van der Waals surface area (Å²) < 4.78 is 79.1. The number of methoxy groups -OCH3 is 2. The van der Waals surface area contributed by atoms with Gasteiger partial charge in [-0.15, -0.1) is 0 Å². The molecule has 0 amide bonds. The summed E-state index contributed by atoms with van der Waals surface area (Å²) >= 11 is 15.5. The van der Waals surface area contributed by atoms with Crippen LogP contribution in [0.25, 0.3) is 33.4 Å². The molecule has 1 fully saturated rings. The zero-order valence-corrected chi connectivity index (χ0v) is 36.3. The van der Waals surface area contributed by atoms with Crippen molar-refractivity contribution in [1.29, 1.82) is 0 Å². The molecule has 302 valence electrons. The fraction of sp³-hybridized carbons (Fsp3) is 0.217. The number of aryl methyl sites for hydroxylation is 2. The molecule has 0 aromatic heterocycles. The van der Waals surface area contributed by atoms with Gasteiger partial charge in [0.1, 0.15) is 34.8 Å². The van der Waals surface area contributed by atoms with E-state index in [4.69, 9.17) is 42.0 Å². The minimum Gasteiger partial charge on any atom is -0.497 e. The lowest BCUT2D eigenvalue weighted by Gasteiger charge is -2.32. The predicted octanol–water partition coefficient (Wildman–Crippen LogP) is 13.6. The smallest absolute Gasteiger partial charge is 0.497 e. The van der Waals surface area contributed by atoms with Crippen LogP contribution >= 0.6 is 39.1 Å².